The second-order valence-electron chi connectivity index (χ2n) is 3.89. The average Bonchev–Trinajstić information content (AvgIpc) is 2.36. The third-order valence-corrected chi connectivity index (χ3v) is 4.23. The van der Waals surface area contributed by atoms with Crippen molar-refractivity contribution in [3.05, 3.63) is 28.8 Å². The number of halogens is 1. The highest BCUT2D eigenvalue weighted by Gasteiger charge is 2.24. The van der Waals surface area contributed by atoms with E-state index in [1.54, 1.807) is 6.92 Å². The lowest BCUT2D eigenvalue weighted by Crippen LogP contribution is -2.38. The highest BCUT2D eigenvalue weighted by molar-refractivity contribution is 7.89. The zero-order valence-corrected chi connectivity index (χ0v) is 12.1. The Morgan fingerprint density at radius 2 is 2.16 bits per heavy atom. The molecule has 8 heteroatoms. The largest absolute Gasteiger partial charge is 0.465 e. The Labute approximate surface area is 116 Å². The van der Waals surface area contributed by atoms with E-state index in [0.717, 1.165) is 7.11 Å². The lowest BCUT2D eigenvalue weighted by molar-refractivity contribution is 0.0596. The van der Waals surface area contributed by atoms with Crippen LogP contribution in [0.2, 0.25) is 5.02 Å². The van der Waals surface area contributed by atoms with Gasteiger partial charge in [-0.1, -0.05) is 11.6 Å². The number of hydrogen-bond donors (Lipinski definition) is 2. The zero-order chi connectivity index (χ0) is 14.6. The first kappa shape index (κ1) is 15.9. The van der Waals surface area contributed by atoms with E-state index in [4.69, 9.17) is 17.3 Å². The molecule has 0 fully saturated rings. The molecule has 1 rings (SSSR count). The van der Waals surface area contributed by atoms with Crippen LogP contribution in [0, 0.1) is 0 Å². The molecule has 0 aliphatic heterocycles. The Hall–Kier alpha value is -1.15. The van der Waals surface area contributed by atoms with Crippen LogP contribution in [0.5, 0.6) is 0 Å². The van der Waals surface area contributed by atoms with Gasteiger partial charge in [0.15, 0.2) is 0 Å². The molecule has 0 radical (unpaired) electrons. The normalized spacial score (nSPS) is 13.1. The van der Waals surface area contributed by atoms with Crippen molar-refractivity contribution in [3.63, 3.8) is 0 Å². The second kappa shape index (κ2) is 6.33. The van der Waals surface area contributed by atoms with E-state index in [1.165, 1.54) is 18.2 Å². The first-order valence-corrected chi connectivity index (χ1v) is 7.28. The maximum absolute atomic E-state index is 12.1. The van der Waals surface area contributed by atoms with E-state index in [9.17, 15) is 13.2 Å². The Bertz CT molecular complexity index is 574. The van der Waals surface area contributed by atoms with Gasteiger partial charge in [0.25, 0.3) is 0 Å². The molecule has 6 nitrogen and oxygen atoms in total. The Kier molecular flexibility index (Phi) is 5.30. The summed E-state index contributed by atoms with van der Waals surface area (Å²) in [4.78, 5) is 11.4. The van der Waals surface area contributed by atoms with Crippen LogP contribution in [0.4, 0.5) is 0 Å². The fourth-order valence-electron chi connectivity index (χ4n) is 1.38. The number of nitrogens with two attached hydrogens (primary N) is 1. The minimum atomic E-state index is -3.86. The number of carbonyl (C=O) groups excluding carboxylic acids is 1. The molecule has 3 N–H and O–H groups in total. The molecule has 0 heterocycles. The number of nitrogens with one attached hydrogen (secondary N) is 1. The number of benzene rings is 1. The van der Waals surface area contributed by atoms with Crippen molar-refractivity contribution in [2.24, 2.45) is 5.73 Å². The first-order valence-electron chi connectivity index (χ1n) is 5.42. The van der Waals surface area contributed by atoms with Crippen LogP contribution in [0.25, 0.3) is 0 Å². The minimum Gasteiger partial charge on any atom is -0.465 e. The van der Waals surface area contributed by atoms with Crippen LogP contribution in [0.15, 0.2) is 23.1 Å². The van der Waals surface area contributed by atoms with Crippen LogP contribution in [0.3, 0.4) is 0 Å². The monoisotopic (exact) mass is 306 g/mol. The predicted octanol–water partition coefficient (Wildman–Crippen LogP) is 0.752. The van der Waals surface area contributed by atoms with Gasteiger partial charge in [0, 0.05) is 17.6 Å². The lowest BCUT2D eigenvalue weighted by atomic mass is 10.2. The number of carbonyl (C=O) groups is 1. The summed E-state index contributed by atoms with van der Waals surface area (Å²) < 4.78 is 31.2. The highest BCUT2D eigenvalue weighted by atomic mass is 35.5. The van der Waals surface area contributed by atoms with Crippen molar-refractivity contribution in [2.75, 3.05) is 13.7 Å². The Balaban J connectivity index is 3.30. The minimum absolute atomic E-state index is 0.119. The summed E-state index contributed by atoms with van der Waals surface area (Å²) in [5.41, 5.74) is 5.25. The van der Waals surface area contributed by atoms with E-state index < -0.39 is 22.0 Å². The maximum Gasteiger partial charge on any atom is 0.339 e. The lowest BCUT2D eigenvalue weighted by Gasteiger charge is -2.14. The summed E-state index contributed by atoms with van der Waals surface area (Å²) in [5.74, 6) is -0.775. The molecule has 0 aliphatic carbocycles. The van der Waals surface area contributed by atoms with Crippen molar-refractivity contribution < 1.29 is 17.9 Å². The Morgan fingerprint density at radius 1 is 1.53 bits per heavy atom. The first-order chi connectivity index (χ1) is 8.81. The smallest absolute Gasteiger partial charge is 0.339 e. The third kappa shape index (κ3) is 3.90. The van der Waals surface area contributed by atoms with Gasteiger partial charge in [-0.25, -0.2) is 17.9 Å². The van der Waals surface area contributed by atoms with Crippen LogP contribution in [0.1, 0.15) is 17.3 Å². The van der Waals surface area contributed by atoms with Gasteiger partial charge in [-0.05, 0) is 25.1 Å². The zero-order valence-electron chi connectivity index (χ0n) is 10.5. The molecule has 0 saturated carbocycles. The molecular weight excluding hydrogens is 292 g/mol. The van der Waals surface area contributed by atoms with Gasteiger partial charge >= 0.3 is 5.97 Å². The summed E-state index contributed by atoms with van der Waals surface area (Å²) in [6.07, 6.45) is 0. The van der Waals surface area contributed by atoms with E-state index in [1.807, 2.05) is 0 Å². The quantitative estimate of drug-likeness (QED) is 0.782. The molecule has 0 unspecified atom stereocenters. The summed E-state index contributed by atoms with van der Waals surface area (Å²) >= 11 is 5.76. The molecule has 0 saturated heterocycles. The van der Waals surface area contributed by atoms with Crippen LogP contribution in [-0.4, -0.2) is 34.1 Å². The van der Waals surface area contributed by atoms with Gasteiger partial charge < -0.3 is 10.5 Å². The second-order valence-corrected chi connectivity index (χ2v) is 6.01. The van der Waals surface area contributed by atoms with Crippen LogP contribution in [-0.2, 0) is 14.8 Å². The van der Waals surface area contributed by atoms with Gasteiger partial charge in [0.2, 0.25) is 10.0 Å². The molecule has 1 aromatic carbocycles. The molecule has 19 heavy (non-hydrogen) atoms. The summed E-state index contributed by atoms with van der Waals surface area (Å²) in [7, 11) is -2.70. The third-order valence-electron chi connectivity index (χ3n) is 2.35. The number of methoxy groups -OCH3 is 1. The summed E-state index contributed by atoms with van der Waals surface area (Å²) in [6, 6.07) is 3.43. The van der Waals surface area contributed by atoms with Gasteiger partial charge in [-0.2, -0.15) is 0 Å². The van der Waals surface area contributed by atoms with Crippen molar-refractivity contribution in [1.82, 2.24) is 4.72 Å². The molecule has 106 valence electrons. The number of hydrogen-bond acceptors (Lipinski definition) is 5. The maximum atomic E-state index is 12.1. The van der Waals surface area contributed by atoms with E-state index in [0.29, 0.717) is 0 Å². The van der Waals surface area contributed by atoms with E-state index in [2.05, 4.69) is 9.46 Å². The fraction of sp³-hybridized carbons (Fsp3) is 0.364. The van der Waals surface area contributed by atoms with Gasteiger partial charge in [0.1, 0.15) is 0 Å². The van der Waals surface area contributed by atoms with Crippen molar-refractivity contribution in [3.8, 4) is 0 Å². The van der Waals surface area contributed by atoms with Crippen molar-refractivity contribution >= 4 is 27.6 Å². The predicted molar refractivity (Wildman–Crippen MR) is 71.6 cm³/mol. The van der Waals surface area contributed by atoms with E-state index >= 15 is 0 Å². The molecule has 0 aliphatic rings. The molecule has 0 amide bonds. The number of sulfonamides is 1. The molecule has 0 bridgehead atoms. The van der Waals surface area contributed by atoms with Gasteiger partial charge in [0.05, 0.1) is 17.6 Å². The fourth-order valence-corrected chi connectivity index (χ4v) is 2.99. The van der Waals surface area contributed by atoms with Crippen molar-refractivity contribution in [2.45, 2.75) is 17.9 Å². The topological polar surface area (TPSA) is 98.5 Å². The SMILES string of the molecule is COC(=O)c1cc(Cl)ccc1S(=O)(=O)N[C@@H](C)CN. The molecule has 1 atom stereocenters. The van der Waals surface area contributed by atoms with Crippen LogP contribution < -0.4 is 10.5 Å². The van der Waals surface area contributed by atoms with Gasteiger partial charge in [-0.3, -0.25) is 0 Å². The van der Waals surface area contributed by atoms with Crippen molar-refractivity contribution in [1.29, 1.82) is 0 Å². The number of rotatable bonds is 5. The average molecular weight is 307 g/mol. The van der Waals surface area contributed by atoms with Crippen LogP contribution >= 0.6 is 11.6 Å². The molecule has 0 aromatic heterocycles. The van der Waals surface area contributed by atoms with Gasteiger partial charge in [-0.15, -0.1) is 0 Å². The molecule has 0 spiro atoms. The molecular formula is C11H15ClN2O4S. The molecule has 1 aromatic rings. The summed E-state index contributed by atoms with van der Waals surface area (Å²) in [6.45, 7) is 1.76. The number of ether oxygens (including phenoxy) is 1. The number of esters is 1. The van der Waals surface area contributed by atoms with E-state index in [-0.39, 0.29) is 22.0 Å². The Morgan fingerprint density at radius 3 is 2.68 bits per heavy atom. The standard InChI is InChI=1S/C11H15ClN2O4S/c1-7(6-13)14-19(16,17)10-4-3-8(12)5-9(10)11(15)18-2/h3-5,7,14H,6,13H2,1-2H3/t7-/m0/s1. The summed E-state index contributed by atoms with van der Waals surface area (Å²) in [5, 5.41) is 0.242. The highest BCUT2D eigenvalue weighted by Crippen LogP contribution is 2.21.